The molecule has 0 bridgehead atoms. The van der Waals surface area contributed by atoms with Gasteiger partial charge < -0.3 is 10.1 Å². The van der Waals surface area contributed by atoms with E-state index in [0.717, 1.165) is 18.8 Å². The first-order valence-corrected chi connectivity index (χ1v) is 7.45. The average Bonchev–Trinajstić information content (AvgIpc) is 3.03. The van der Waals surface area contributed by atoms with Gasteiger partial charge in [-0.3, -0.25) is 4.68 Å². The van der Waals surface area contributed by atoms with E-state index >= 15 is 0 Å². The first-order chi connectivity index (χ1) is 9.17. The molecule has 0 unspecified atom stereocenters. The minimum atomic E-state index is 0.515. The van der Waals surface area contributed by atoms with Crippen LogP contribution in [0.3, 0.4) is 0 Å². The monoisotopic (exact) mass is 279 g/mol. The van der Waals surface area contributed by atoms with Crippen LogP contribution in [-0.4, -0.2) is 15.8 Å². The maximum Gasteiger partial charge on any atom is 0.157 e. The van der Waals surface area contributed by atoms with Gasteiger partial charge in [0.2, 0.25) is 0 Å². The van der Waals surface area contributed by atoms with Crippen molar-refractivity contribution in [3.63, 3.8) is 0 Å². The highest BCUT2D eigenvalue weighted by molar-refractivity contribution is 7.11. The van der Waals surface area contributed by atoms with Gasteiger partial charge in [0.1, 0.15) is 6.61 Å². The molecular formula is C14H21N3OS. The maximum absolute atomic E-state index is 5.72. The van der Waals surface area contributed by atoms with Gasteiger partial charge in [0.15, 0.2) is 5.75 Å². The third-order valence-electron chi connectivity index (χ3n) is 2.72. The highest BCUT2D eigenvalue weighted by Gasteiger charge is 2.03. The van der Waals surface area contributed by atoms with E-state index in [0.29, 0.717) is 12.6 Å². The molecule has 19 heavy (non-hydrogen) atoms. The van der Waals surface area contributed by atoms with E-state index in [9.17, 15) is 0 Å². The van der Waals surface area contributed by atoms with E-state index in [-0.39, 0.29) is 0 Å². The van der Waals surface area contributed by atoms with Crippen LogP contribution >= 0.6 is 11.3 Å². The van der Waals surface area contributed by atoms with E-state index in [1.54, 1.807) is 17.5 Å². The van der Waals surface area contributed by atoms with Crippen molar-refractivity contribution in [3.05, 3.63) is 34.3 Å². The maximum atomic E-state index is 5.72. The molecule has 0 radical (unpaired) electrons. The van der Waals surface area contributed by atoms with Crippen LogP contribution in [0, 0.1) is 0 Å². The van der Waals surface area contributed by atoms with E-state index in [4.69, 9.17) is 4.74 Å². The number of ether oxygens (including phenoxy) is 1. The number of rotatable bonds is 7. The molecule has 0 atom stereocenters. The second-order valence-corrected chi connectivity index (χ2v) is 5.98. The summed E-state index contributed by atoms with van der Waals surface area (Å²) in [7, 11) is 0. The van der Waals surface area contributed by atoms with Crippen molar-refractivity contribution < 1.29 is 4.74 Å². The molecule has 0 amide bonds. The Morgan fingerprint density at radius 2 is 2.16 bits per heavy atom. The second-order valence-electron chi connectivity index (χ2n) is 4.72. The quantitative estimate of drug-likeness (QED) is 0.846. The summed E-state index contributed by atoms with van der Waals surface area (Å²) in [6.07, 6.45) is 3.69. The van der Waals surface area contributed by atoms with Gasteiger partial charge in [-0.1, -0.05) is 13.8 Å². The van der Waals surface area contributed by atoms with Gasteiger partial charge in [-0.25, -0.2) is 0 Å². The van der Waals surface area contributed by atoms with Gasteiger partial charge in [0.05, 0.1) is 12.4 Å². The fraction of sp³-hybridized carbons (Fsp3) is 0.500. The van der Waals surface area contributed by atoms with Crippen molar-refractivity contribution in [1.82, 2.24) is 15.1 Å². The molecule has 0 saturated carbocycles. The van der Waals surface area contributed by atoms with Crippen molar-refractivity contribution in [2.45, 2.75) is 46.5 Å². The Balaban J connectivity index is 1.82. The molecule has 2 aromatic heterocycles. The lowest BCUT2D eigenvalue weighted by molar-refractivity contribution is 0.309. The van der Waals surface area contributed by atoms with E-state index in [1.165, 1.54) is 9.75 Å². The van der Waals surface area contributed by atoms with Crippen molar-refractivity contribution in [2.24, 2.45) is 0 Å². The first-order valence-electron chi connectivity index (χ1n) is 6.63. The summed E-state index contributed by atoms with van der Waals surface area (Å²) < 4.78 is 7.58. The molecule has 2 aromatic rings. The molecule has 4 nitrogen and oxygen atoms in total. The molecule has 5 heteroatoms. The van der Waals surface area contributed by atoms with Crippen molar-refractivity contribution in [3.8, 4) is 5.75 Å². The minimum Gasteiger partial charge on any atom is -0.485 e. The van der Waals surface area contributed by atoms with Crippen LogP contribution in [0.2, 0.25) is 0 Å². The molecule has 0 saturated heterocycles. The summed E-state index contributed by atoms with van der Waals surface area (Å²) in [5.41, 5.74) is 0. The number of nitrogens with one attached hydrogen (secondary N) is 1. The zero-order valence-corrected chi connectivity index (χ0v) is 12.5. The Bertz CT molecular complexity index is 504. The molecule has 0 aliphatic carbocycles. The average molecular weight is 279 g/mol. The van der Waals surface area contributed by atoms with Crippen molar-refractivity contribution >= 4 is 11.3 Å². The van der Waals surface area contributed by atoms with E-state index in [1.807, 2.05) is 10.9 Å². The summed E-state index contributed by atoms with van der Waals surface area (Å²) in [6, 6.07) is 4.81. The predicted molar refractivity (Wildman–Crippen MR) is 78.5 cm³/mol. The van der Waals surface area contributed by atoms with Gasteiger partial charge in [0, 0.05) is 28.9 Å². The van der Waals surface area contributed by atoms with E-state index < -0.39 is 0 Å². The molecule has 2 heterocycles. The fourth-order valence-corrected chi connectivity index (χ4v) is 2.53. The Morgan fingerprint density at radius 3 is 2.84 bits per heavy atom. The second kappa shape index (κ2) is 6.73. The third kappa shape index (κ3) is 4.36. The highest BCUT2D eigenvalue weighted by atomic mass is 32.1. The molecule has 104 valence electrons. The van der Waals surface area contributed by atoms with Crippen LogP contribution in [0.25, 0.3) is 0 Å². The molecule has 0 aromatic carbocycles. The standard InChI is InChI=1S/C14H21N3OS/c1-4-17-9-12(7-16-17)18-10-14-6-5-13(19-14)8-15-11(2)3/h5-7,9,11,15H,4,8,10H2,1-3H3. The number of aryl methyl sites for hydroxylation is 1. The van der Waals surface area contributed by atoms with Gasteiger partial charge in [-0.15, -0.1) is 11.3 Å². The molecule has 0 spiro atoms. The molecule has 1 N–H and O–H groups in total. The lowest BCUT2D eigenvalue weighted by Gasteiger charge is -2.05. The Hall–Kier alpha value is -1.33. The summed E-state index contributed by atoms with van der Waals surface area (Å²) in [4.78, 5) is 2.58. The predicted octanol–water partition coefficient (Wildman–Crippen LogP) is 3.04. The van der Waals surface area contributed by atoms with Crippen LogP contribution < -0.4 is 10.1 Å². The van der Waals surface area contributed by atoms with Crippen molar-refractivity contribution in [1.29, 1.82) is 0 Å². The Kier molecular flexibility index (Phi) is 4.99. The number of aromatic nitrogens is 2. The summed E-state index contributed by atoms with van der Waals surface area (Å²) in [6.45, 7) is 8.78. The summed E-state index contributed by atoms with van der Waals surface area (Å²) in [5.74, 6) is 0.831. The Labute approximate surface area is 118 Å². The highest BCUT2D eigenvalue weighted by Crippen LogP contribution is 2.19. The van der Waals surface area contributed by atoms with Crippen LogP contribution in [0.4, 0.5) is 0 Å². The molecule has 0 aliphatic heterocycles. The smallest absolute Gasteiger partial charge is 0.157 e. The normalized spacial score (nSPS) is 11.2. The summed E-state index contributed by atoms with van der Waals surface area (Å²) in [5, 5.41) is 7.60. The van der Waals surface area contributed by atoms with Crippen molar-refractivity contribution in [2.75, 3.05) is 0 Å². The Morgan fingerprint density at radius 1 is 1.37 bits per heavy atom. The summed E-state index contributed by atoms with van der Waals surface area (Å²) >= 11 is 1.79. The number of thiophene rings is 1. The van der Waals surface area contributed by atoms with Gasteiger partial charge in [-0.2, -0.15) is 5.10 Å². The fourth-order valence-electron chi connectivity index (χ4n) is 1.65. The topological polar surface area (TPSA) is 39.1 Å². The van der Waals surface area contributed by atoms with Gasteiger partial charge in [0.25, 0.3) is 0 Å². The van der Waals surface area contributed by atoms with Crippen LogP contribution in [-0.2, 0) is 19.7 Å². The first kappa shape index (κ1) is 14.1. The van der Waals surface area contributed by atoms with Crippen LogP contribution in [0.1, 0.15) is 30.5 Å². The van der Waals surface area contributed by atoms with Gasteiger partial charge >= 0.3 is 0 Å². The largest absolute Gasteiger partial charge is 0.485 e. The number of hydrogen-bond acceptors (Lipinski definition) is 4. The minimum absolute atomic E-state index is 0.515. The van der Waals surface area contributed by atoms with Gasteiger partial charge in [-0.05, 0) is 19.1 Å². The zero-order chi connectivity index (χ0) is 13.7. The van der Waals surface area contributed by atoms with E-state index in [2.05, 4.69) is 43.3 Å². The van der Waals surface area contributed by atoms with Crippen LogP contribution in [0.5, 0.6) is 5.75 Å². The lowest BCUT2D eigenvalue weighted by Crippen LogP contribution is -2.21. The molecule has 2 rings (SSSR count). The van der Waals surface area contributed by atoms with Crippen LogP contribution in [0.15, 0.2) is 24.5 Å². The SMILES string of the molecule is CCn1cc(OCc2ccc(CNC(C)C)s2)cn1. The third-order valence-corrected chi connectivity index (χ3v) is 3.78. The zero-order valence-electron chi connectivity index (χ0n) is 11.7. The molecule has 0 fully saturated rings. The molecule has 0 aliphatic rings. The number of hydrogen-bond donors (Lipinski definition) is 1. The molecular weight excluding hydrogens is 258 g/mol. The lowest BCUT2D eigenvalue weighted by atomic mass is 10.3. The number of nitrogens with zero attached hydrogens (tertiary/aromatic N) is 2.